The minimum absolute atomic E-state index is 0.106. The van der Waals surface area contributed by atoms with Gasteiger partial charge in [0.05, 0.1) is 13.1 Å². The second-order valence-corrected chi connectivity index (χ2v) is 4.44. The number of halogens is 2. The predicted molar refractivity (Wildman–Crippen MR) is 74.6 cm³/mol. The zero-order valence-corrected chi connectivity index (χ0v) is 11.5. The Hall–Kier alpha value is -1.10. The van der Waals surface area contributed by atoms with Crippen LogP contribution in [-0.2, 0) is 0 Å². The molecule has 0 fully saturated rings. The normalized spacial score (nSPS) is 14.6. The third-order valence-electron chi connectivity index (χ3n) is 3.00. The van der Waals surface area contributed by atoms with Crippen LogP contribution in [0.3, 0.4) is 0 Å². The summed E-state index contributed by atoms with van der Waals surface area (Å²) in [4.78, 5) is 0. The second kappa shape index (κ2) is 11.0. The lowest BCUT2D eigenvalue weighted by Crippen LogP contribution is -2.13. The van der Waals surface area contributed by atoms with Crippen molar-refractivity contribution in [2.24, 2.45) is 11.8 Å². The maximum atomic E-state index is 13.5. The zero-order chi connectivity index (χ0) is 13.8. The molecule has 102 valence electrons. The Balaban J connectivity index is 4.48. The number of rotatable bonds is 9. The van der Waals surface area contributed by atoms with Gasteiger partial charge in [-0.25, -0.2) is 4.39 Å². The quantitative estimate of drug-likeness (QED) is 0.300. The largest absolute Gasteiger partial charge is 0.251 e. The Labute approximate surface area is 110 Å². The fourth-order valence-electron chi connectivity index (χ4n) is 1.87. The first kappa shape index (κ1) is 16.9. The van der Waals surface area contributed by atoms with Gasteiger partial charge in [0, 0.05) is 5.92 Å². The van der Waals surface area contributed by atoms with Gasteiger partial charge >= 0.3 is 0 Å². The van der Waals surface area contributed by atoms with Crippen molar-refractivity contribution in [2.45, 2.75) is 46.0 Å². The van der Waals surface area contributed by atoms with E-state index in [1.807, 2.05) is 0 Å². The third-order valence-corrected chi connectivity index (χ3v) is 3.00. The maximum absolute atomic E-state index is 13.5. The van der Waals surface area contributed by atoms with Crippen LogP contribution in [0.5, 0.6) is 0 Å². The van der Waals surface area contributed by atoms with Gasteiger partial charge in [-0.05, 0) is 25.3 Å². The summed E-state index contributed by atoms with van der Waals surface area (Å²) in [5, 5.41) is 0. The highest BCUT2D eigenvalue weighted by molar-refractivity contribution is 5.11. The summed E-state index contributed by atoms with van der Waals surface area (Å²) >= 11 is 0. The molecule has 0 rings (SSSR count). The van der Waals surface area contributed by atoms with Gasteiger partial charge in [-0.3, -0.25) is 4.39 Å². The molecule has 0 heterocycles. The number of unbranched alkanes of at least 4 members (excludes halogenated alkanes) is 2. The van der Waals surface area contributed by atoms with E-state index in [1.165, 1.54) is 6.08 Å². The van der Waals surface area contributed by atoms with E-state index in [-0.39, 0.29) is 24.1 Å². The second-order valence-electron chi connectivity index (χ2n) is 4.44. The van der Waals surface area contributed by atoms with Gasteiger partial charge in [-0.15, -0.1) is 12.5 Å². The molecule has 2 unspecified atom stereocenters. The molecular weight excluding hydrogens is 230 g/mol. The number of hydrogen-bond donors (Lipinski definition) is 0. The van der Waals surface area contributed by atoms with Crippen molar-refractivity contribution in [3.05, 3.63) is 24.6 Å². The minimum Gasteiger partial charge on any atom is -0.251 e. The van der Waals surface area contributed by atoms with E-state index in [4.69, 9.17) is 0 Å². The van der Waals surface area contributed by atoms with Crippen LogP contribution in [-0.4, -0.2) is 6.67 Å². The average molecular weight is 254 g/mol. The van der Waals surface area contributed by atoms with Crippen molar-refractivity contribution in [1.29, 1.82) is 0 Å². The summed E-state index contributed by atoms with van der Waals surface area (Å²) in [5.41, 5.74) is 0. The maximum Gasteiger partial charge on any atom is 0.108 e. The van der Waals surface area contributed by atoms with E-state index in [1.54, 1.807) is 13.0 Å². The van der Waals surface area contributed by atoms with Crippen molar-refractivity contribution in [2.75, 3.05) is 6.67 Å². The van der Waals surface area contributed by atoms with E-state index in [2.05, 4.69) is 25.3 Å². The lowest BCUT2D eigenvalue weighted by atomic mass is 9.88. The van der Waals surface area contributed by atoms with Crippen molar-refractivity contribution in [3.63, 3.8) is 0 Å². The van der Waals surface area contributed by atoms with Crippen LogP contribution >= 0.6 is 0 Å². The molecule has 0 amide bonds. The highest BCUT2D eigenvalue weighted by atomic mass is 19.1. The number of allylic oxidation sites excluding steroid dienone is 3. The molecule has 0 aliphatic carbocycles. The smallest absolute Gasteiger partial charge is 0.108 e. The molecular formula is C16H24F2. The molecule has 0 nitrogen and oxygen atoms in total. The van der Waals surface area contributed by atoms with Crippen LogP contribution in [0.25, 0.3) is 0 Å². The van der Waals surface area contributed by atoms with E-state index in [0.717, 1.165) is 25.7 Å². The first-order chi connectivity index (χ1) is 8.69. The van der Waals surface area contributed by atoms with Crippen LogP contribution < -0.4 is 0 Å². The van der Waals surface area contributed by atoms with Crippen molar-refractivity contribution < 1.29 is 8.78 Å². The summed E-state index contributed by atoms with van der Waals surface area (Å²) in [6, 6.07) is 0. The van der Waals surface area contributed by atoms with Crippen LogP contribution in [0.1, 0.15) is 46.0 Å². The van der Waals surface area contributed by atoms with Gasteiger partial charge in [0.2, 0.25) is 0 Å². The molecule has 2 heteroatoms. The van der Waals surface area contributed by atoms with E-state index < -0.39 is 6.67 Å². The highest BCUT2D eigenvalue weighted by Gasteiger charge is 2.17. The molecule has 0 bridgehead atoms. The van der Waals surface area contributed by atoms with Crippen LogP contribution in [0.15, 0.2) is 24.6 Å². The molecule has 0 aromatic carbocycles. The summed E-state index contributed by atoms with van der Waals surface area (Å²) in [6.07, 6.45) is 7.17. The van der Waals surface area contributed by atoms with E-state index >= 15 is 0 Å². The molecule has 0 aliphatic heterocycles. The zero-order valence-electron chi connectivity index (χ0n) is 11.5. The Morgan fingerprint density at radius 2 is 2.11 bits per heavy atom. The van der Waals surface area contributed by atoms with Crippen molar-refractivity contribution in [1.82, 2.24) is 0 Å². The van der Waals surface area contributed by atoms with Crippen LogP contribution in [0.2, 0.25) is 0 Å². The fraction of sp³-hybridized carbons (Fsp3) is 0.625. The van der Waals surface area contributed by atoms with Gasteiger partial charge in [0.15, 0.2) is 0 Å². The fourth-order valence-corrected chi connectivity index (χ4v) is 1.87. The Morgan fingerprint density at radius 3 is 2.61 bits per heavy atom. The van der Waals surface area contributed by atoms with E-state index in [9.17, 15) is 8.78 Å². The summed E-state index contributed by atoms with van der Waals surface area (Å²) in [6.45, 7) is 7.03. The molecule has 18 heavy (non-hydrogen) atoms. The molecule has 0 aliphatic rings. The van der Waals surface area contributed by atoms with Gasteiger partial charge in [0.1, 0.15) is 5.83 Å². The van der Waals surface area contributed by atoms with Crippen LogP contribution in [0.4, 0.5) is 8.78 Å². The monoisotopic (exact) mass is 254 g/mol. The van der Waals surface area contributed by atoms with Gasteiger partial charge < -0.3 is 0 Å². The standard InChI is InChI=1S/C16H24F2/c1-4-7-9-10-15(13-17)14(6-3)12-16(18)11-8-5-2/h6,12,14-15H,3-4,7,9-11,13H2,1-2H3. The molecule has 0 aromatic rings. The summed E-state index contributed by atoms with van der Waals surface area (Å²) in [5.74, 6) is 4.63. The number of hydrogen-bond acceptors (Lipinski definition) is 0. The van der Waals surface area contributed by atoms with Crippen molar-refractivity contribution in [3.8, 4) is 11.8 Å². The molecule has 2 atom stereocenters. The molecule has 0 aromatic heterocycles. The molecule has 0 saturated heterocycles. The Morgan fingerprint density at radius 1 is 1.39 bits per heavy atom. The van der Waals surface area contributed by atoms with E-state index in [0.29, 0.717) is 0 Å². The predicted octanol–water partition coefficient (Wildman–Crippen LogP) is 5.22. The van der Waals surface area contributed by atoms with Gasteiger partial charge in [-0.1, -0.05) is 38.2 Å². The first-order valence-corrected chi connectivity index (χ1v) is 6.63. The van der Waals surface area contributed by atoms with Gasteiger partial charge in [-0.2, -0.15) is 0 Å². The minimum atomic E-state index is -0.427. The SMILES string of the molecule is C=CC(C=C(F)CC#CC)C(CF)CCCCC. The third kappa shape index (κ3) is 7.27. The highest BCUT2D eigenvalue weighted by Crippen LogP contribution is 2.24. The van der Waals surface area contributed by atoms with Gasteiger partial charge in [0.25, 0.3) is 0 Å². The Kier molecular flexibility index (Phi) is 10.3. The lowest BCUT2D eigenvalue weighted by Gasteiger charge is -2.18. The number of alkyl halides is 1. The topological polar surface area (TPSA) is 0 Å². The molecule has 0 N–H and O–H groups in total. The average Bonchev–Trinajstić information content (AvgIpc) is 2.39. The first-order valence-electron chi connectivity index (χ1n) is 6.63. The molecule has 0 saturated carbocycles. The summed E-state index contributed by atoms with van der Waals surface area (Å²) < 4.78 is 26.5. The molecule has 0 spiro atoms. The van der Waals surface area contributed by atoms with Crippen molar-refractivity contribution >= 4 is 0 Å². The molecule has 0 radical (unpaired) electrons. The Bertz CT molecular complexity index is 307. The van der Waals surface area contributed by atoms with Crippen LogP contribution in [0, 0.1) is 23.7 Å². The summed E-state index contributed by atoms with van der Waals surface area (Å²) in [7, 11) is 0. The lowest BCUT2D eigenvalue weighted by molar-refractivity contribution is 0.298.